The lowest BCUT2D eigenvalue weighted by atomic mass is 10.1. The minimum Gasteiger partial charge on any atom is -0.331 e. The van der Waals surface area contributed by atoms with E-state index in [1.165, 1.54) is 0 Å². The molecule has 4 rings (SSSR count). The second-order valence-electron chi connectivity index (χ2n) is 6.68. The average Bonchev–Trinajstić information content (AvgIpc) is 3.45. The number of pyridine rings is 1. The molecule has 0 bridgehead atoms. The lowest BCUT2D eigenvalue weighted by Gasteiger charge is -2.14. The van der Waals surface area contributed by atoms with Crippen LogP contribution in [0.3, 0.4) is 0 Å². The Bertz CT molecular complexity index is 980. The predicted molar refractivity (Wildman–Crippen MR) is 102 cm³/mol. The number of aromatic amines is 1. The Morgan fingerprint density at radius 3 is 2.70 bits per heavy atom. The molecule has 4 N–H and O–H groups in total. The van der Waals surface area contributed by atoms with E-state index < -0.39 is 0 Å². The summed E-state index contributed by atoms with van der Waals surface area (Å²) >= 11 is 0. The molecule has 2 heterocycles. The third kappa shape index (κ3) is 3.89. The Hall–Kier alpha value is -3.42. The molecule has 8 heteroatoms. The van der Waals surface area contributed by atoms with Gasteiger partial charge in [0.05, 0.1) is 16.9 Å². The summed E-state index contributed by atoms with van der Waals surface area (Å²) in [6, 6.07) is 10.9. The van der Waals surface area contributed by atoms with Gasteiger partial charge in [0.25, 0.3) is 0 Å². The number of hydrogen-bond acceptors (Lipinski definition) is 4. The number of rotatable bonds is 5. The zero-order valence-corrected chi connectivity index (χ0v) is 14.8. The number of anilines is 2. The number of carbonyl (C=O) groups excluding carboxylic acids is 2. The zero-order chi connectivity index (χ0) is 18.8. The Morgan fingerprint density at radius 1 is 1.19 bits per heavy atom. The van der Waals surface area contributed by atoms with Crippen LogP contribution in [-0.2, 0) is 4.79 Å². The van der Waals surface area contributed by atoms with Crippen LogP contribution in [0.1, 0.15) is 31.4 Å². The Balaban J connectivity index is 1.41. The quantitative estimate of drug-likeness (QED) is 0.557. The molecule has 27 heavy (non-hydrogen) atoms. The third-order valence-corrected chi connectivity index (χ3v) is 4.53. The zero-order valence-electron chi connectivity index (χ0n) is 14.8. The summed E-state index contributed by atoms with van der Waals surface area (Å²) < 4.78 is 0. The molecule has 1 saturated carbocycles. The molecule has 1 fully saturated rings. The maximum atomic E-state index is 12.2. The first-order valence-electron chi connectivity index (χ1n) is 8.87. The van der Waals surface area contributed by atoms with Gasteiger partial charge in [-0.1, -0.05) is 30.3 Å². The van der Waals surface area contributed by atoms with Crippen LogP contribution in [0.4, 0.5) is 16.4 Å². The van der Waals surface area contributed by atoms with Crippen LogP contribution in [0, 0.1) is 5.92 Å². The van der Waals surface area contributed by atoms with Gasteiger partial charge in [-0.15, -0.1) is 0 Å². The smallest absolute Gasteiger partial charge is 0.320 e. The van der Waals surface area contributed by atoms with Crippen LogP contribution < -0.4 is 16.0 Å². The van der Waals surface area contributed by atoms with Gasteiger partial charge in [-0.05, 0) is 25.3 Å². The molecule has 0 saturated heterocycles. The number of nitrogens with one attached hydrogen (secondary N) is 4. The van der Waals surface area contributed by atoms with Gasteiger partial charge in [0, 0.05) is 18.2 Å². The molecule has 0 radical (unpaired) electrons. The van der Waals surface area contributed by atoms with Gasteiger partial charge in [0.2, 0.25) is 5.91 Å². The minimum absolute atomic E-state index is 0.0140. The normalized spacial score (nSPS) is 14.6. The Kier molecular flexibility index (Phi) is 4.45. The van der Waals surface area contributed by atoms with Crippen molar-refractivity contribution in [1.29, 1.82) is 0 Å². The van der Waals surface area contributed by atoms with Crippen LogP contribution >= 0.6 is 0 Å². The first-order chi connectivity index (χ1) is 13.1. The molecule has 1 unspecified atom stereocenters. The van der Waals surface area contributed by atoms with E-state index in [1.54, 1.807) is 12.3 Å². The molecule has 8 nitrogen and oxygen atoms in total. The molecule has 1 aliphatic rings. The van der Waals surface area contributed by atoms with Crippen LogP contribution in [0.5, 0.6) is 0 Å². The second kappa shape index (κ2) is 7.06. The Morgan fingerprint density at radius 2 is 1.96 bits per heavy atom. The summed E-state index contributed by atoms with van der Waals surface area (Å²) in [6.07, 6.45) is 3.44. The van der Waals surface area contributed by atoms with Gasteiger partial charge in [0.15, 0.2) is 5.82 Å². The highest BCUT2D eigenvalue weighted by atomic mass is 16.2. The number of urea groups is 1. The van der Waals surface area contributed by atoms with E-state index in [9.17, 15) is 9.59 Å². The molecule has 3 aromatic rings. The van der Waals surface area contributed by atoms with Crippen molar-refractivity contribution in [3.05, 3.63) is 48.2 Å². The van der Waals surface area contributed by atoms with Crippen molar-refractivity contribution in [3.63, 3.8) is 0 Å². The highest BCUT2D eigenvalue weighted by molar-refractivity contribution is 6.01. The fourth-order valence-electron chi connectivity index (χ4n) is 2.81. The predicted octanol–water partition coefficient (Wildman–Crippen LogP) is 3.19. The summed E-state index contributed by atoms with van der Waals surface area (Å²) in [4.78, 5) is 28.4. The molecule has 1 aliphatic carbocycles. The number of amides is 3. The summed E-state index contributed by atoms with van der Waals surface area (Å²) in [5.74, 6) is 0.938. The van der Waals surface area contributed by atoms with Crippen molar-refractivity contribution in [3.8, 4) is 0 Å². The van der Waals surface area contributed by atoms with Crippen LogP contribution in [-0.4, -0.2) is 27.1 Å². The summed E-state index contributed by atoms with van der Waals surface area (Å²) in [7, 11) is 0. The van der Waals surface area contributed by atoms with Gasteiger partial charge >= 0.3 is 6.03 Å². The van der Waals surface area contributed by atoms with E-state index in [2.05, 4.69) is 31.1 Å². The maximum Gasteiger partial charge on any atom is 0.320 e. The van der Waals surface area contributed by atoms with E-state index in [1.807, 2.05) is 37.3 Å². The van der Waals surface area contributed by atoms with E-state index in [4.69, 9.17) is 0 Å². The average molecular weight is 364 g/mol. The van der Waals surface area contributed by atoms with Crippen molar-refractivity contribution in [2.75, 3.05) is 10.6 Å². The number of carbonyl (C=O) groups is 2. The highest BCUT2D eigenvalue weighted by Gasteiger charge is 2.30. The SMILES string of the molecule is CC(NC(=O)Nc1cc2[nH]nc(NC(=O)C3CC3)c2cn1)c1ccccc1. The minimum atomic E-state index is -0.347. The Labute approximate surface area is 155 Å². The fraction of sp³-hybridized carbons (Fsp3) is 0.263. The van der Waals surface area contributed by atoms with Crippen LogP contribution in [0.2, 0.25) is 0 Å². The van der Waals surface area contributed by atoms with Crippen LogP contribution in [0.25, 0.3) is 10.9 Å². The van der Waals surface area contributed by atoms with Gasteiger partial charge < -0.3 is 10.6 Å². The molecule has 0 spiro atoms. The second-order valence-corrected chi connectivity index (χ2v) is 6.68. The molecular weight excluding hydrogens is 344 g/mol. The van der Waals surface area contributed by atoms with Gasteiger partial charge in [0.1, 0.15) is 5.82 Å². The standard InChI is InChI=1S/C19H20N6O2/c1-11(12-5-3-2-4-6-12)21-19(27)22-16-9-15-14(10-20-16)17(25-24-15)23-18(26)13-7-8-13/h2-6,9-11,13H,7-8H2,1H3,(H2,20,21,22,27)(H2,23,24,25,26). The van der Waals surface area contributed by atoms with Crippen molar-refractivity contribution in [2.45, 2.75) is 25.8 Å². The third-order valence-electron chi connectivity index (χ3n) is 4.53. The fourth-order valence-corrected chi connectivity index (χ4v) is 2.81. The highest BCUT2D eigenvalue weighted by Crippen LogP contribution is 2.31. The lowest BCUT2D eigenvalue weighted by molar-refractivity contribution is -0.117. The van der Waals surface area contributed by atoms with Crippen molar-refractivity contribution in [2.24, 2.45) is 5.92 Å². The number of nitrogens with zero attached hydrogens (tertiary/aromatic N) is 2. The molecule has 0 aliphatic heterocycles. The number of hydrogen-bond donors (Lipinski definition) is 4. The largest absolute Gasteiger partial charge is 0.331 e. The topological polar surface area (TPSA) is 112 Å². The van der Waals surface area contributed by atoms with Crippen molar-refractivity contribution in [1.82, 2.24) is 20.5 Å². The van der Waals surface area contributed by atoms with Crippen molar-refractivity contribution < 1.29 is 9.59 Å². The number of fused-ring (bicyclic) bond motifs is 1. The van der Waals surface area contributed by atoms with E-state index in [-0.39, 0.29) is 23.9 Å². The van der Waals surface area contributed by atoms with E-state index in [0.29, 0.717) is 22.5 Å². The van der Waals surface area contributed by atoms with E-state index >= 15 is 0 Å². The molecule has 1 atom stereocenters. The summed E-state index contributed by atoms with van der Waals surface area (Å²) in [6.45, 7) is 1.91. The van der Waals surface area contributed by atoms with Crippen LogP contribution in [0.15, 0.2) is 42.6 Å². The maximum absolute atomic E-state index is 12.2. The molecule has 138 valence electrons. The van der Waals surface area contributed by atoms with Gasteiger partial charge in [-0.25, -0.2) is 9.78 Å². The summed E-state index contributed by atoms with van der Waals surface area (Å²) in [5, 5.41) is 16.1. The lowest BCUT2D eigenvalue weighted by Crippen LogP contribution is -2.31. The van der Waals surface area contributed by atoms with Crippen molar-refractivity contribution >= 4 is 34.5 Å². The number of aromatic nitrogens is 3. The van der Waals surface area contributed by atoms with E-state index in [0.717, 1.165) is 18.4 Å². The molecule has 3 amide bonds. The van der Waals surface area contributed by atoms with Gasteiger partial charge in [-0.3, -0.25) is 15.2 Å². The first kappa shape index (κ1) is 17.0. The molecule has 1 aromatic carbocycles. The number of H-pyrrole nitrogens is 1. The van der Waals surface area contributed by atoms with Gasteiger partial charge in [-0.2, -0.15) is 5.10 Å². The molecule has 2 aromatic heterocycles. The summed E-state index contributed by atoms with van der Waals surface area (Å²) in [5.41, 5.74) is 1.70. The monoisotopic (exact) mass is 364 g/mol. The first-order valence-corrected chi connectivity index (χ1v) is 8.87. The molecular formula is C19H20N6O2. The number of benzene rings is 1.